The first-order valence-corrected chi connectivity index (χ1v) is 5.95. The van der Waals surface area contributed by atoms with Crippen molar-refractivity contribution >= 4 is 18.2 Å². The van der Waals surface area contributed by atoms with E-state index in [1.54, 1.807) is 18.2 Å². The predicted molar refractivity (Wildman–Crippen MR) is 64.8 cm³/mol. The maximum atomic E-state index is 13.4. The first kappa shape index (κ1) is 13.2. The third-order valence-corrected chi connectivity index (χ3v) is 3.74. The fourth-order valence-corrected chi connectivity index (χ4v) is 2.23. The summed E-state index contributed by atoms with van der Waals surface area (Å²) in [6, 6.07) is 6.57. The molecule has 0 N–H and O–H groups in total. The molecule has 0 saturated heterocycles. The number of hydrogen-bond donors (Lipinski definition) is 0. The Kier molecular flexibility index (Phi) is 4.50. The summed E-state index contributed by atoms with van der Waals surface area (Å²) in [5.41, 5.74) is -0.596. The molecule has 1 rings (SSSR count). The molecule has 1 aromatic rings. The second-order valence-electron chi connectivity index (χ2n) is 3.99. The molecule has 0 unspecified atom stereocenters. The second-order valence-corrected chi connectivity index (χ2v) is 5.05. The molecule has 0 aliphatic rings. The number of halogens is 1. The fourth-order valence-electron chi connectivity index (χ4n) is 1.29. The van der Waals surface area contributed by atoms with Crippen molar-refractivity contribution in [1.29, 1.82) is 0 Å². The van der Waals surface area contributed by atoms with Gasteiger partial charge in [0.1, 0.15) is 12.1 Å². The molecule has 0 saturated carbocycles. The third kappa shape index (κ3) is 3.06. The summed E-state index contributed by atoms with van der Waals surface area (Å²) in [4.78, 5) is 11.5. The van der Waals surface area contributed by atoms with Gasteiger partial charge in [-0.1, -0.05) is 19.1 Å². The van der Waals surface area contributed by atoms with Gasteiger partial charge in [0.25, 0.3) is 0 Å². The van der Waals surface area contributed by atoms with E-state index in [4.69, 9.17) is 0 Å². The van der Waals surface area contributed by atoms with Crippen LogP contribution in [0.2, 0.25) is 0 Å². The van der Waals surface area contributed by atoms with E-state index < -0.39 is 5.54 Å². The molecule has 0 bridgehead atoms. The van der Waals surface area contributed by atoms with Crippen molar-refractivity contribution in [3.8, 4) is 0 Å². The zero-order valence-electron chi connectivity index (χ0n) is 9.74. The Bertz CT molecular complexity index is 368. The van der Waals surface area contributed by atoms with Crippen molar-refractivity contribution < 1.29 is 9.18 Å². The summed E-state index contributed by atoms with van der Waals surface area (Å²) in [6.45, 7) is 6.25. The van der Waals surface area contributed by atoms with Crippen molar-refractivity contribution in [3.63, 3.8) is 0 Å². The molecular formula is C12H16FNOS. The minimum Gasteiger partial charge on any atom is -0.301 e. The van der Waals surface area contributed by atoms with Crippen molar-refractivity contribution in [2.24, 2.45) is 0 Å². The van der Waals surface area contributed by atoms with Gasteiger partial charge in [0, 0.05) is 6.54 Å². The summed E-state index contributed by atoms with van der Waals surface area (Å²) >= 11 is 1.27. The van der Waals surface area contributed by atoms with Crippen LogP contribution in [0.5, 0.6) is 0 Å². The number of carbonyl (C=O) groups excluding carboxylic acids is 1. The van der Waals surface area contributed by atoms with E-state index in [2.05, 4.69) is 0 Å². The quantitative estimate of drug-likeness (QED) is 0.583. The van der Waals surface area contributed by atoms with Crippen LogP contribution in [0.3, 0.4) is 0 Å². The Hall–Kier alpha value is -0.870. The first-order valence-electron chi connectivity index (χ1n) is 5.17. The Morgan fingerprint density at radius 2 is 2.06 bits per heavy atom. The number of carbonyl (C=O) groups is 1. The van der Waals surface area contributed by atoms with Gasteiger partial charge in [-0.15, -0.1) is 0 Å². The molecule has 0 fully saturated rings. The standard InChI is InChI=1S/C12H16FNOS/c1-4-14(12(2,3)9-15)16-11-8-6-5-7-10(11)13/h5-9H,4H2,1-3H3. The predicted octanol–water partition coefficient (Wildman–Crippen LogP) is 3.13. The van der Waals surface area contributed by atoms with Crippen LogP contribution < -0.4 is 0 Å². The molecule has 2 nitrogen and oxygen atoms in total. The van der Waals surface area contributed by atoms with Gasteiger partial charge in [0.05, 0.1) is 10.4 Å². The Morgan fingerprint density at radius 3 is 2.56 bits per heavy atom. The van der Waals surface area contributed by atoms with Crippen LogP contribution in [0.15, 0.2) is 29.2 Å². The third-order valence-electron chi connectivity index (χ3n) is 2.26. The van der Waals surface area contributed by atoms with Gasteiger partial charge < -0.3 is 4.79 Å². The lowest BCUT2D eigenvalue weighted by Gasteiger charge is -2.31. The molecule has 0 radical (unpaired) electrons. The number of hydrogen-bond acceptors (Lipinski definition) is 3. The van der Waals surface area contributed by atoms with Gasteiger partial charge in [-0.2, -0.15) is 0 Å². The molecule has 0 aliphatic heterocycles. The SMILES string of the molecule is CCN(Sc1ccccc1F)C(C)(C)C=O. The number of rotatable bonds is 5. The maximum absolute atomic E-state index is 13.4. The van der Waals surface area contributed by atoms with E-state index in [0.717, 1.165) is 6.29 Å². The monoisotopic (exact) mass is 241 g/mol. The average molecular weight is 241 g/mol. The van der Waals surface area contributed by atoms with Crippen molar-refractivity contribution in [2.75, 3.05) is 6.54 Å². The first-order chi connectivity index (χ1) is 7.51. The summed E-state index contributed by atoms with van der Waals surface area (Å²) in [5, 5.41) is 0. The molecule has 0 aliphatic carbocycles. The normalized spacial score (nSPS) is 11.8. The Labute approximate surface area is 100.0 Å². The zero-order valence-corrected chi connectivity index (χ0v) is 10.6. The average Bonchev–Trinajstić information content (AvgIpc) is 2.27. The van der Waals surface area contributed by atoms with Gasteiger partial charge >= 0.3 is 0 Å². The van der Waals surface area contributed by atoms with Crippen molar-refractivity contribution in [1.82, 2.24) is 4.31 Å². The highest BCUT2D eigenvalue weighted by Crippen LogP contribution is 2.30. The van der Waals surface area contributed by atoms with Gasteiger partial charge in [-0.3, -0.25) is 0 Å². The van der Waals surface area contributed by atoms with E-state index in [0.29, 0.717) is 11.4 Å². The van der Waals surface area contributed by atoms with Gasteiger partial charge in [0.15, 0.2) is 0 Å². The lowest BCUT2D eigenvalue weighted by Crippen LogP contribution is -2.40. The molecular weight excluding hydrogens is 225 g/mol. The molecule has 88 valence electrons. The van der Waals surface area contributed by atoms with Crippen LogP contribution in [0, 0.1) is 5.82 Å². The summed E-state index contributed by atoms with van der Waals surface area (Å²) < 4.78 is 15.3. The van der Waals surface area contributed by atoms with Gasteiger partial charge in [-0.05, 0) is 37.9 Å². The van der Waals surface area contributed by atoms with Crippen LogP contribution in [0.25, 0.3) is 0 Å². The van der Waals surface area contributed by atoms with E-state index in [9.17, 15) is 9.18 Å². The molecule has 0 spiro atoms. The smallest absolute Gasteiger partial charge is 0.140 e. The number of aldehydes is 1. The van der Waals surface area contributed by atoms with Gasteiger partial charge in [0.2, 0.25) is 0 Å². The second kappa shape index (κ2) is 5.46. The fraction of sp³-hybridized carbons (Fsp3) is 0.417. The van der Waals surface area contributed by atoms with Crippen LogP contribution in [-0.4, -0.2) is 22.7 Å². The summed E-state index contributed by atoms with van der Waals surface area (Å²) in [6.07, 6.45) is 0.879. The highest BCUT2D eigenvalue weighted by atomic mass is 32.2. The molecule has 0 amide bonds. The van der Waals surface area contributed by atoms with Crippen LogP contribution >= 0.6 is 11.9 Å². The molecule has 1 aromatic carbocycles. The minimum atomic E-state index is -0.596. The molecule has 16 heavy (non-hydrogen) atoms. The highest BCUT2D eigenvalue weighted by molar-refractivity contribution is 7.97. The van der Waals surface area contributed by atoms with E-state index in [1.807, 2.05) is 25.1 Å². The molecule has 0 heterocycles. The summed E-state index contributed by atoms with van der Waals surface area (Å²) in [5.74, 6) is -0.257. The van der Waals surface area contributed by atoms with Crippen molar-refractivity contribution in [2.45, 2.75) is 31.2 Å². The Balaban J connectivity index is 2.86. The van der Waals surface area contributed by atoms with Gasteiger partial charge in [-0.25, -0.2) is 8.70 Å². The highest BCUT2D eigenvalue weighted by Gasteiger charge is 2.26. The van der Waals surface area contributed by atoms with Crippen molar-refractivity contribution in [3.05, 3.63) is 30.1 Å². The maximum Gasteiger partial charge on any atom is 0.140 e. The minimum absolute atomic E-state index is 0.257. The molecule has 0 atom stereocenters. The zero-order chi connectivity index (χ0) is 12.2. The Morgan fingerprint density at radius 1 is 1.44 bits per heavy atom. The molecule has 4 heteroatoms. The number of likely N-dealkylation sites (N-methyl/N-ethyl adjacent to an activating group) is 1. The van der Waals surface area contributed by atoms with E-state index in [1.165, 1.54) is 18.0 Å². The summed E-state index contributed by atoms with van der Waals surface area (Å²) in [7, 11) is 0. The largest absolute Gasteiger partial charge is 0.301 e. The number of nitrogens with zero attached hydrogens (tertiary/aromatic N) is 1. The number of benzene rings is 1. The molecule has 0 aromatic heterocycles. The van der Waals surface area contributed by atoms with Crippen LogP contribution in [0.4, 0.5) is 4.39 Å². The van der Waals surface area contributed by atoms with Crippen LogP contribution in [-0.2, 0) is 4.79 Å². The van der Waals surface area contributed by atoms with E-state index >= 15 is 0 Å². The van der Waals surface area contributed by atoms with E-state index in [-0.39, 0.29) is 5.82 Å². The topological polar surface area (TPSA) is 20.3 Å². The lowest BCUT2D eigenvalue weighted by atomic mass is 10.1. The van der Waals surface area contributed by atoms with Crippen LogP contribution in [0.1, 0.15) is 20.8 Å². The lowest BCUT2D eigenvalue weighted by molar-refractivity contribution is -0.114.